The number of ether oxygens (including phenoxy) is 1. The number of methoxy groups -OCH3 is 1. The highest BCUT2D eigenvalue weighted by Gasteiger charge is 2.25. The van der Waals surface area contributed by atoms with Crippen LogP contribution in [0.2, 0.25) is 0 Å². The van der Waals surface area contributed by atoms with Crippen molar-refractivity contribution in [1.29, 1.82) is 0 Å². The van der Waals surface area contributed by atoms with Crippen LogP contribution in [0.15, 0.2) is 0 Å². The largest absolute Gasteiger partial charge is 0.467 e. The second-order valence-corrected chi connectivity index (χ2v) is 2.34. The number of carbonyl (C=O) groups is 3. The number of Topliss-reactive ketones (excluding diaryl/α,β-unsaturated/α-hetero) is 1. The molecule has 0 rings (SSSR count). The summed E-state index contributed by atoms with van der Waals surface area (Å²) in [6.07, 6.45) is 0. The highest BCUT2D eigenvalue weighted by atomic mass is 16.5. The molecule has 0 saturated heterocycles. The molecule has 6 heteroatoms. The van der Waals surface area contributed by atoms with Gasteiger partial charge < -0.3 is 15.8 Å². The number of hydrogen-bond acceptors (Lipinski definition) is 5. The minimum absolute atomic E-state index is 0.277. The first-order valence-electron chi connectivity index (χ1n) is 3.60. The van der Waals surface area contributed by atoms with Gasteiger partial charge in [-0.15, -0.1) is 0 Å². The molecule has 0 aliphatic heterocycles. The van der Waals surface area contributed by atoms with Crippen LogP contribution < -0.4 is 11.1 Å². The first-order chi connectivity index (χ1) is 6.02. The highest BCUT2D eigenvalue weighted by molar-refractivity contribution is 6.04. The molecule has 3 N–H and O–H groups in total. The van der Waals surface area contributed by atoms with E-state index in [1.54, 1.807) is 0 Å². The maximum atomic E-state index is 10.9. The Labute approximate surface area is 75.4 Å². The van der Waals surface area contributed by atoms with Crippen molar-refractivity contribution in [3.8, 4) is 0 Å². The lowest BCUT2D eigenvalue weighted by Crippen LogP contribution is -2.48. The van der Waals surface area contributed by atoms with Crippen LogP contribution in [0, 0.1) is 0 Å². The Hall–Kier alpha value is -1.43. The predicted octanol–water partition coefficient (Wildman–Crippen LogP) is -1.81. The monoisotopic (exact) mass is 188 g/mol. The Balaban J connectivity index is 4.35. The first kappa shape index (κ1) is 11.6. The molecule has 6 nitrogen and oxygen atoms in total. The van der Waals surface area contributed by atoms with E-state index in [9.17, 15) is 14.4 Å². The molecule has 0 aromatic rings. The number of nitrogens with one attached hydrogen (secondary N) is 1. The van der Waals surface area contributed by atoms with Gasteiger partial charge in [0.25, 0.3) is 0 Å². The van der Waals surface area contributed by atoms with E-state index >= 15 is 0 Å². The van der Waals surface area contributed by atoms with Crippen molar-refractivity contribution >= 4 is 17.7 Å². The summed E-state index contributed by atoms with van der Waals surface area (Å²) in [7, 11) is 1.13. The molecule has 0 radical (unpaired) electrons. The van der Waals surface area contributed by atoms with Crippen LogP contribution in [-0.4, -0.2) is 37.4 Å². The summed E-state index contributed by atoms with van der Waals surface area (Å²) in [4.78, 5) is 32.5. The van der Waals surface area contributed by atoms with Crippen LogP contribution >= 0.6 is 0 Å². The molecule has 74 valence electrons. The van der Waals surface area contributed by atoms with Gasteiger partial charge in [-0.05, 0) is 6.92 Å². The van der Waals surface area contributed by atoms with Gasteiger partial charge in [-0.25, -0.2) is 4.79 Å². The Bertz CT molecular complexity index is 227. The summed E-state index contributed by atoms with van der Waals surface area (Å²) >= 11 is 0. The van der Waals surface area contributed by atoms with Gasteiger partial charge in [0.2, 0.25) is 5.91 Å². The van der Waals surface area contributed by atoms with E-state index in [0.717, 1.165) is 7.11 Å². The summed E-state index contributed by atoms with van der Waals surface area (Å²) < 4.78 is 4.30. The normalized spacial score (nSPS) is 11.6. The van der Waals surface area contributed by atoms with E-state index in [4.69, 9.17) is 5.73 Å². The second kappa shape index (κ2) is 5.26. The quantitative estimate of drug-likeness (QED) is 0.400. The van der Waals surface area contributed by atoms with Crippen LogP contribution in [0.3, 0.4) is 0 Å². The number of esters is 1. The van der Waals surface area contributed by atoms with Crippen LogP contribution in [0.25, 0.3) is 0 Å². The van der Waals surface area contributed by atoms with Crippen LogP contribution in [0.5, 0.6) is 0 Å². The molecule has 13 heavy (non-hydrogen) atoms. The molecule has 0 aromatic heterocycles. The maximum Gasteiger partial charge on any atom is 0.336 e. The van der Waals surface area contributed by atoms with Gasteiger partial charge in [-0.1, -0.05) is 0 Å². The van der Waals surface area contributed by atoms with Gasteiger partial charge in [0.15, 0.2) is 11.8 Å². The van der Waals surface area contributed by atoms with Crippen molar-refractivity contribution in [3.05, 3.63) is 0 Å². The van der Waals surface area contributed by atoms with E-state index < -0.39 is 23.7 Å². The molecule has 1 amide bonds. The van der Waals surface area contributed by atoms with Gasteiger partial charge in [-0.3, -0.25) is 9.59 Å². The summed E-state index contributed by atoms with van der Waals surface area (Å²) in [6.45, 7) is 0.902. The fourth-order valence-electron chi connectivity index (χ4n) is 0.664. The Morgan fingerprint density at radius 2 is 2.00 bits per heavy atom. The van der Waals surface area contributed by atoms with Gasteiger partial charge in [-0.2, -0.15) is 0 Å². The molecule has 0 aliphatic carbocycles. The molecule has 0 heterocycles. The van der Waals surface area contributed by atoms with Crippen molar-refractivity contribution in [1.82, 2.24) is 5.32 Å². The summed E-state index contributed by atoms with van der Waals surface area (Å²) in [5.74, 6) is -1.87. The minimum atomic E-state index is -1.25. The van der Waals surface area contributed by atoms with Crippen molar-refractivity contribution in [2.24, 2.45) is 5.73 Å². The predicted molar refractivity (Wildman–Crippen MR) is 43.7 cm³/mol. The van der Waals surface area contributed by atoms with Crippen molar-refractivity contribution in [2.45, 2.75) is 13.0 Å². The molecular weight excluding hydrogens is 176 g/mol. The van der Waals surface area contributed by atoms with Crippen LogP contribution in [-0.2, 0) is 19.1 Å². The minimum Gasteiger partial charge on any atom is -0.467 e. The molecule has 0 aliphatic rings. The average molecular weight is 188 g/mol. The molecule has 0 spiro atoms. The SMILES string of the molecule is COC(=O)[C@@H](NC(=O)CN)C(C)=O. The Morgan fingerprint density at radius 1 is 1.46 bits per heavy atom. The van der Waals surface area contributed by atoms with Crippen molar-refractivity contribution < 1.29 is 19.1 Å². The number of amides is 1. The molecule has 0 fully saturated rings. The number of nitrogens with two attached hydrogens (primary N) is 1. The number of hydrogen-bond donors (Lipinski definition) is 2. The van der Waals surface area contributed by atoms with Gasteiger partial charge in [0.1, 0.15) is 0 Å². The lowest BCUT2D eigenvalue weighted by Gasteiger charge is -2.12. The third kappa shape index (κ3) is 3.66. The van der Waals surface area contributed by atoms with Gasteiger partial charge in [0.05, 0.1) is 13.7 Å². The Morgan fingerprint density at radius 3 is 2.31 bits per heavy atom. The lowest BCUT2D eigenvalue weighted by molar-refractivity contribution is -0.148. The number of ketones is 1. The van der Waals surface area contributed by atoms with Crippen molar-refractivity contribution in [3.63, 3.8) is 0 Å². The average Bonchev–Trinajstić information content (AvgIpc) is 2.11. The van der Waals surface area contributed by atoms with Gasteiger partial charge >= 0.3 is 5.97 Å². The lowest BCUT2D eigenvalue weighted by atomic mass is 10.2. The van der Waals surface area contributed by atoms with E-state index in [2.05, 4.69) is 10.1 Å². The fraction of sp³-hybridized carbons (Fsp3) is 0.571. The zero-order valence-corrected chi connectivity index (χ0v) is 7.49. The summed E-state index contributed by atoms with van der Waals surface area (Å²) in [5, 5.41) is 2.13. The topological polar surface area (TPSA) is 98.5 Å². The zero-order valence-electron chi connectivity index (χ0n) is 7.49. The Kier molecular flexibility index (Phi) is 4.68. The zero-order chi connectivity index (χ0) is 10.4. The summed E-state index contributed by atoms with van der Waals surface area (Å²) in [6, 6.07) is -1.25. The fourth-order valence-corrected chi connectivity index (χ4v) is 0.664. The van der Waals surface area contributed by atoms with E-state index in [-0.39, 0.29) is 6.54 Å². The van der Waals surface area contributed by atoms with Crippen LogP contribution in [0.4, 0.5) is 0 Å². The van der Waals surface area contributed by atoms with Crippen molar-refractivity contribution in [2.75, 3.05) is 13.7 Å². The second-order valence-electron chi connectivity index (χ2n) is 2.34. The first-order valence-corrected chi connectivity index (χ1v) is 3.60. The van der Waals surface area contributed by atoms with Crippen LogP contribution in [0.1, 0.15) is 6.92 Å². The molecular formula is C7H12N2O4. The number of carbonyl (C=O) groups excluding carboxylic acids is 3. The standard InChI is InChI=1S/C7H12N2O4/c1-4(10)6(7(12)13-2)9-5(11)3-8/h6H,3,8H2,1-2H3,(H,9,11)/t6-/m0/s1. The number of rotatable bonds is 4. The maximum absolute atomic E-state index is 10.9. The molecule has 0 aromatic carbocycles. The molecule has 0 unspecified atom stereocenters. The smallest absolute Gasteiger partial charge is 0.336 e. The molecule has 0 bridgehead atoms. The summed E-state index contributed by atoms with van der Waals surface area (Å²) in [5.41, 5.74) is 4.99. The third-order valence-corrected chi connectivity index (χ3v) is 1.33. The van der Waals surface area contributed by atoms with E-state index in [0.29, 0.717) is 0 Å². The highest BCUT2D eigenvalue weighted by Crippen LogP contribution is 1.89. The molecule has 1 atom stereocenters. The molecule has 0 saturated carbocycles. The van der Waals surface area contributed by atoms with E-state index in [1.807, 2.05) is 0 Å². The van der Waals surface area contributed by atoms with E-state index in [1.165, 1.54) is 6.92 Å². The van der Waals surface area contributed by atoms with Gasteiger partial charge in [0, 0.05) is 0 Å². The third-order valence-electron chi connectivity index (χ3n) is 1.33.